The molecule has 0 aromatic carbocycles. The molecule has 1 aliphatic carbocycles. The van der Waals surface area contributed by atoms with Crippen LogP contribution in [0.2, 0.25) is 0 Å². The summed E-state index contributed by atoms with van der Waals surface area (Å²) in [5, 5.41) is 19.7. The molecule has 5 heteroatoms. The zero-order chi connectivity index (χ0) is 12.3. The van der Waals surface area contributed by atoms with Gasteiger partial charge in [-0.1, -0.05) is 13.3 Å². The van der Waals surface area contributed by atoms with E-state index in [1.54, 1.807) is 0 Å². The Labute approximate surface area is 100 Å². The van der Waals surface area contributed by atoms with Gasteiger partial charge in [-0.2, -0.15) is 5.10 Å². The second-order valence-corrected chi connectivity index (χ2v) is 4.66. The van der Waals surface area contributed by atoms with Crippen LogP contribution < -0.4 is 5.32 Å². The van der Waals surface area contributed by atoms with Gasteiger partial charge in [0.15, 0.2) is 5.82 Å². The van der Waals surface area contributed by atoms with Crippen molar-refractivity contribution in [1.82, 2.24) is 10.2 Å². The van der Waals surface area contributed by atoms with Gasteiger partial charge in [0.2, 0.25) is 0 Å². The van der Waals surface area contributed by atoms with E-state index in [0.717, 1.165) is 13.0 Å². The van der Waals surface area contributed by atoms with Gasteiger partial charge in [-0.3, -0.25) is 0 Å². The Balaban J connectivity index is 2.06. The van der Waals surface area contributed by atoms with E-state index in [0.29, 0.717) is 11.2 Å². The number of aromatic nitrogens is 2. The highest BCUT2D eigenvalue weighted by molar-refractivity contribution is 5.92. The zero-order valence-electron chi connectivity index (χ0n) is 9.94. The third kappa shape index (κ3) is 2.38. The van der Waals surface area contributed by atoms with Gasteiger partial charge in [-0.05, 0) is 30.7 Å². The monoisotopic (exact) mass is 235 g/mol. The van der Waals surface area contributed by atoms with Crippen molar-refractivity contribution in [3.05, 3.63) is 17.8 Å². The standard InChI is InChI=1S/C12H17N3O2/c1-2-12(5-3-6-12)8-13-10-9(11(16)17)4-7-14-15-10/h4,7H,2-3,5-6,8H2,1H3,(H,13,15)(H,16,17). The van der Waals surface area contributed by atoms with Crippen molar-refractivity contribution in [2.24, 2.45) is 5.41 Å². The summed E-state index contributed by atoms with van der Waals surface area (Å²) in [7, 11) is 0. The van der Waals surface area contributed by atoms with Crippen molar-refractivity contribution in [1.29, 1.82) is 0 Å². The number of rotatable bonds is 5. The van der Waals surface area contributed by atoms with E-state index in [-0.39, 0.29) is 5.56 Å². The molecule has 0 unspecified atom stereocenters. The fraction of sp³-hybridized carbons (Fsp3) is 0.583. The first kappa shape index (κ1) is 11.8. The number of nitrogens with one attached hydrogen (secondary N) is 1. The van der Waals surface area contributed by atoms with Crippen LogP contribution in [0.1, 0.15) is 43.0 Å². The minimum absolute atomic E-state index is 0.186. The van der Waals surface area contributed by atoms with Gasteiger partial charge in [0.05, 0.1) is 6.20 Å². The third-order valence-electron chi connectivity index (χ3n) is 3.75. The molecule has 0 amide bonds. The zero-order valence-corrected chi connectivity index (χ0v) is 9.94. The van der Waals surface area contributed by atoms with Gasteiger partial charge >= 0.3 is 5.97 Å². The van der Waals surface area contributed by atoms with Crippen LogP contribution in [0.5, 0.6) is 0 Å². The van der Waals surface area contributed by atoms with Gasteiger partial charge in [0.1, 0.15) is 5.56 Å². The number of carboxylic acid groups (broad SMARTS) is 1. The van der Waals surface area contributed by atoms with Crippen molar-refractivity contribution >= 4 is 11.8 Å². The lowest BCUT2D eigenvalue weighted by Gasteiger charge is -2.41. The number of anilines is 1. The maximum atomic E-state index is 11.0. The normalized spacial score (nSPS) is 17.2. The van der Waals surface area contributed by atoms with Crippen LogP contribution >= 0.6 is 0 Å². The number of hydrogen-bond acceptors (Lipinski definition) is 4. The van der Waals surface area contributed by atoms with Crippen LogP contribution in [0.4, 0.5) is 5.82 Å². The van der Waals surface area contributed by atoms with Crippen LogP contribution in [-0.2, 0) is 0 Å². The number of carbonyl (C=O) groups is 1. The molecule has 1 aromatic heterocycles. The molecule has 1 saturated carbocycles. The van der Waals surface area contributed by atoms with Gasteiger partial charge in [0, 0.05) is 6.54 Å². The lowest BCUT2D eigenvalue weighted by molar-refractivity contribution is 0.0697. The van der Waals surface area contributed by atoms with Crippen LogP contribution in [0.3, 0.4) is 0 Å². The molecule has 0 aliphatic heterocycles. The average molecular weight is 235 g/mol. The molecule has 0 atom stereocenters. The molecule has 0 radical (unpaired) electrons. The van der Waals surface area contributed by atoms with Crippen LogP contribution in [0.15, 0.2) is 12.3 Å². The summed E-state index contributed by atoms with van der Waals surface area (Å²) >= 11 is 0. The van der Waals surface area contributed by atoms with E-state index < -0.39 is 5.97 Å². The summed E-state index contributed by atoms with van der Waals surface area (Å²) in [5.41, 5.74) is 0.512. The second-order valence-electron chi connectivity index (χ2n) is 4.66. The number of hydrogen-bond donors (Lipinski definition) is 2. The second kappa shape index (κ2) is 4.69. The molecule has 0 bridgehead atoms. The van der Waals surface area contributed by atoms with E-state index >= 15 is 0 Å². The van der Waals surface area contributed by atoms with Gasteiger partial charge in [-0.25, -0.2) is 4.79 Å². The predicted molar refractivity (Wildman–Crippen MR) is 64.1 cm³/mol. The summed E-state index contributed by atoms with van der Waals surface area (Å²) in [6.07, 6.45) is 6.19. The first-order chi connectivity index (χ1) is 8.17. The Hall–Kier alpha value is -1.65. The number of carboxylic acids is 1. The summed E-state index contributed by atoms with van der Waals surface area (Å²) in [6.45, 7) is 2.96. The quantitative estimate of drug-likeness (QED) is 0.818. The molecule has 1 aromatic rings. The highest BCUT2D eigenvalue weighted by Gasteiger charge is 2.35. The van der Waals surface area contributed by atoms with E-state index in [2.05, 4.69) is 22.4 Å². The molecule has 2 N–H and O–H groups in total. The Morgan fingerprint density at radius 2 is 2.35 bits per heavy atom. The van der Waals surface area contributed by atoms with Crippen molar-refractivity contribution in [3.8, 4) is 0 Å². The maximum Gasteiger partial charge on any atom is 0.339 e. The van der Waals surface area contributed by atoms with Gasteiger partial charge in [0.25, 0.3) is 0 Å². The Bertz CT molecular complexity index is 410. The predicted octanol–water partition coefficient (Wildman–Crippen LogP) is 2.17. The van der Waals surface area contributed by atoms with Crippen molar-refractivity contribution in [2.75, 3.05) is 11.9 Å². The maximum absolute atomic E-state index is 11.0. The van der Waals surface area contributed by atoms with Crippen molar-refractivity contribution in [3.63, 3.8) is 0 Å². The first-order valence-electron chi connectivity index (χ1n) is 5.96. The van der Waals surface area contributed by atoms with E-state index in [1.807, 2.05) is 0 Å². The third-order valence-corrected chi connectivity index (χ3v) is 3.75. The Kier molecular flexibility index (Phi) is 3.26. The average Bonchev–Trinajstić information content (AvgIpc) is 2.28. The molecule has 17 heavy (non-hydrogen) atoms. The van der Waals surface area contributed by atoms with E-state index in [4.69, 9.17) is 5.11 Å². The van der Waals surface area contributed by atoms with Crippen molar-refractivity contribution in [2.45, 2.75) is 32.6 Å². The fourth-order valence-corrected chi connectivity index (χ4v) is 2.24. The van der Waals surface area contributed by atoms with E-state index in [9.17, 15) is 4.79 Å². The highest BCUT2D eigenvalue weighted by atomic mass is 16.4. The topological polar surface area (TPSA) is 75.1 Å². The first-order valence-corrected chi connectivity index (χ1v) is 5.96. The molecule has 1 fully saturated rings. The molecule has 2 rings (SSSR count). The van der Waals surface area contributed by atoms with Crippen LogP contribution in [0.25, 0.3) is 0 Å². The summed E-state index contributed by atoms with van der Waals surface area (Å²) < 4.78 is 0. The van der Waals surface area contributed by atoms with Gasteiger partial charge in [-0.15, -0.1) is 5.10 Å². The lowest BCUT2D eigenvalue weighted by atomic mass is 9.67. The Morgan fingerprint density at radius 3 is 2.88 bits per heavy atom. The van der Waals surface area contributed by atoms with Crippen LogP contribution in [-0.4, -0.2) is 27.8 Å². The summed E-state index contributed by atoms with van der Waals surface area (Å²) in [4.78, 5) is 11.0. The molecule has 0 spiro atoms. The summed E-state index contributed by atoms with van der Waals surface area (Å²) in [6, 6.07) is 1.47. The molecule has 0 saturated heterocycles. The minimum Gasteiger partial charge on any atom is -0.478 e. The van der Waals surface area contributed by atoms with Gasteiger partial charge < -0.3 is 10.4 Å². The SMILES string of the molecule is CCC1(CNc2nnccc2C(=O)O)CCC1. The minimum atomic E-state index is -0.971. The van der Waals surface area contributed by atoms with Crippen molar-refractivity contribution < 1.29 is 9.90 Å². The Morgan fingerprint density at radius 1 is 1.59 bits per heavy atom. The summed E-state index contributed by atoms with van der Waals surface area (Å²) in [5.74, 6) is -0.596. The van der Waals surface area contributed by atoms with Crippen LogP contribution in [0, 0.1) is 5.41 Å². The van der Waals surface area contributed by atoms with E-state index in [1.165, 1.54) is 31.5 Å². The highest BCUT2D eigenvalue weighted by Crippen LogP contribution is 2.43. The molecule has 1 aliphatic rings. The molecule has 5 nitrogen and oxygen atoms in total. The lowest BCUT2D eigenvalue weighted by Crippen LogP contribution is -2.36. The molecule has 92 valence electrons. The molecular weight excluding hydrogens is 218 g/mol. The number of nitrogens with zero attached hydrogens (tertiary/aromatic N) is 2. The molecule has 1 heterocycles. The largest absolute Gasteiger partial charge is 0.478 e. The number of aromatic carboxylic acids is 1. The smallest absolute Gasteiger partial charge is 0.339 e. The molecular formula is C12H17N3O2. The fourth-order valence-electron chi connectivity index (χ4n) is 2.24.